The zero-order valence-corrected chi connectivity index (χ0v) is 57.2. The standard InChI is InChI=1S/C62H67N13O15S6/c1-30(2)47-61-74-50(40(96-61)25-89-5)54(86)64-24-43(77)71-51(52(84)32-13-7-6-8-14-32)60-69-39(28-93-60)58-67-37(26-92-58)49-34(56-68-38(27-91-56)53(85)66-36(23-42(76)63-4)59-73-48(31(3)95-59)55(87)72-47)19-20-35(65-49)57-70-41(29-94-57)75(22-12-11-17-45(80)81)62(88)90-33(18-21-46(82)83)15-9-10-16-44(78)79/h6-8,13-14,19-20,26-30,33,36,47,51-52,84H,9-12,15-18,21-25H2,1-5H3,(H,63,76)(H,64,86)(H,66,85)(H,71,77)(H,72,87)(H,78,79)(H,80,81)(H,82,83)/t33?,36-,47-,51-,52-/m0/s1. The number of nitrogens with zero attached hydrogens (tertiary/aromatic N) is 8. The summed E-state index contributed by atoms with van der Waals surface area (Å²) in [4.78, 5) is 155. The molecule has 506 valence electrons. The molecule has 5 atom stereocenters. The molecule has 1 aromatic carbocycles. The molecule has 1 aliphatic heterocycles. The molecule has 10 bridgehead atoms. The van der Waals surface area contributed by atoms with Gasteiger partial charge in [-0.25, -0.2) is 39.7 Å². The van der Waals surface area contributed by atoms with Gasteiger partial charge in [0.1, 0.15) is 88.3 Å². The number of carbonyl (C=O) groups is 9. The molecular formula is C62H67N13O15S6. The number of hydrogen-bond donors (Lipinski definition) is 9. The van der Waals surface area contributed by atoms with Crippen molar-refractivity contribution in [2.75, 3.05) is 32.1 Å². The van der Waals surface area contributed by atoms with E-state index in [1.54, 1.807) is 65.5 Å². The summed E-state index contributed by atoms with van der Waals surface area (Å²) in [6.07, 6.45) is -2.87. The van der Waals surface area contributed by atoms with Crippen molar-refractivity contribution in [3.8, 4) is 43.4 Å². The van der Waals surface area contributed by atoms with E-state index >= 15 is 0 Å². The van der Waals surface area contributed by atoms with E-state index in [1.165, 1.54) is 35.8 Å². The van der Waals surface area contributed by atoms with Crippen LogP contribution in [-0.4, -0.2) is 142 Å². The molecule has 0 spiro atoms. The van der Waals surface area contributed by atoms with E-state index in [0.29, 0.717) is 64.4 Å². The number of aliphatic hydroxyl groups is 1. The fourth-order valence-corrected chi connectivity index (χ4v) is 15.5. The summed E-state index contributed by atoms with van der Waals surface area (Å²) in [5.74, 6) is -6.40. The molecular weight excluding hydrogens is 1360 g/mol. The quantitative estimate of drug-likeness (QED) is 0.0269. The second kappa shape index (κ2) is 33.2. The molecule has 8 aromatic rings. The molecule has 7 aromatic heterocycles. The minimum atomic E-state index is -1.33. The highest BCUT2D eigenvalue weighted by molar-refractivity contribution is 7.15. The van der Waals surface area contributed by atoms with E-state index in [1.807, 2.05) is 13.8 Å². The van der Waals surface area contributed by atoms with Crippen LogP contribution in [-0.2, 0) is 40.1 Å². The molecule has 0 saturated carbocycles. The van der Waals surface area contributed by atoms with Gasteiger partial charge in [0.05, 0.1) is 42.2 Å². The SMILES string of the molecule is CNC(=O)C[C@@H]1NC(=O)c2csc(n2)-c2ccc(-c3nc(N(CCCCC(=O)O)C(=O)OC(CCCCC(=O)O)CCC(=O)O)cs3)nc2-c2csc(n2)-c2csc(n2)[C@H]([C@@H](O)c2ccccc2)NC(=O)CNC(=O)c2nc(sc2COC)[C@H](C(C)C)NC(=O)c2nc1sc2C. The highest BCUT2D eigenvalue weighted by Gasteiger charge is 2.34. The summed E-state index contributed by atoms with van der Waals surface area (Å²) < 4.78 is 11.3. The predicted octanol–water partition coefficient (Wildman–Crippen LogP) is 9.39. The number of methoxy groups -OCH3 is 1. The number of carbonyl (C=O) groups excluding carboxylic acids is 6. The number of unbranched alkanes of at least 4 members (excludes halogenated alkanes) is 2. The molecule has 1 aliphatic rings. The third kappa shape index (κ3) is 18.4. The zero-order valence-electron chi connectivity index (χ0n) is 52.3. The maximum Gasteiger partial charge on any atom is 0.415 e. The van der Waals surface area contributed by atoms with Gasteiger partial charge in [-0.05, 0) is 69.1 Å². The van der Waals surface area contributed by atoms with Crippen molar-refractivity contribution in [1.29, 1.82) is 0 Å². The summed E-state index contributed by atoms with van der Waals surface area (Å²) >= 11 is 6.84. The monoisotopic (exact) mass is 1430 g/mol. The molecule has 0 radical (unpaired) electrons. The number of aliphatic carboxylic acids is 3. The Labute approximate surface area is 573 Å². The van der Waals surface area contributed by atoms with Crippen LogP contribution >= 0.6 is 68.0 Å². The lowest BCUT2D eigenvalue weighted by atomic mass is 10.0. The molecule has 9 N–H and O–H groups in total. The molecule has 1 unspecified atom stereocenters. The summed E-state index contributed by atoms with van der Waals surface area (Å²) in [6.45, 7) is 4.79. The number of rotatable bonds is 23. The summed E-state index contributed by atoms with van der Waals surface area (Å²) in [5, 5.41) is 62.6. The van der Waals surface area contributed by atoms with E-state index < -0.39 is 90.4 Å². The van der Waals surface area contributed by atoms with Gasteiger partial charge >= 0.3 is 24.0 Å². The molecule has 96 heavy (non-hydrogen) atoms. The number of nitrogens with one attached hydrogen (secondary N) is 5. The molecule has 0 fully saturated rings. The molecule has 0 saturated heterocycles. The number of aliphatic hydroxyl groups excluding tert-OH is 1. The molecule has 6 amide bonds. The lowest BCUT2D eigenvalue weighted by Crippen LogP contribution is -2.40. The van der Waals surface area contributed by atoms with Gasteiger partial charge in [-0.15, -0.1) is 68.0 Å². The Balaban J connectivity index is 1.11. The third-order valence-electron chi connectivity index (χ3n) is 14.9. The predicted molar refractivity (Wildman–Crippen MR) is 359 cm³/mol. The number of aryl methyl sites for hydroxylation is 1. The average Bonchev–Trinajstić information content (AvgIpc) is 1.56. The van der Waals surface area contributed by atoms with Gasteiger partial charge in [0, 0.05) is 71.9 Å². The first kappa shape index (κ1) is 71.4. The van der Waals surface area contributed by atoms with Crippen molar-refractivity contribution >= 4 is 127 Å². The number of thiazole rings is 6. The fraction of sp³-hybridized carbons (Fsp3) is 0.387. The van der Waals surface area contributed by atoms with Crippen molar-refractivity contribution < 1.29 is 73.1 Å². The van der Waals surface area contributed by atoms with Crippen LogP contribution < -0.4 is 31.5 Å². The van der Waals surface area contributed by atoms with Crippen LogP contribution in [0.3, 0.4) is 0 Å². The Morgan fingerprint density at radius 2 is 1.32 bits per heavy atom. The van der Waals surface area contributed by atoms with E-state index in [4.69, 9.17) is 34.4 Å². The van der Waals surface area contributed by atoms with Crippen molar-refractivity contribution in [2.45, 2.75) is 122 Å². The van der Waals surface area contributed by atoms with Crippen molar-refractivity contribution in [1.82, 2.24) is 61.5 Å². The molecule has 9 rings (SSSR count). The number of hydrogen-bond acceptors (Lipinski definition) is 25. The minimum Gasteiger partial charge on any atom is -0.481 e. The van der Waals surface area contributed by atoms with Crippen molar-refractivity contribution in [3.05, 3.63) is 111 Å². The number of benzene rings is 1. The average molecular weight is 1430 g/mol. The number of ether oxygens (including phenoxy) is 2. The van der Waals surface area contributed by atoms with Gasteiger partial charge in [0.15, 0.2) is 0 Å². The largest absolute Gasteiger partial charge is 0.481 e. The van der Waals surface area contributed by atoms with Gasteiger partial charge < -0.3 is 56.5 Å². The van der Waals surface area contributed by atoms with Gasteiger partial charge in [-0.2, -0.15) is 0 Å². The first-order valence-electron chi connectivity index (χ1n) is 30.1. The topological polar surface area (TPSA) is 407 Å². The first-order chi connectivity index (χ1) is 46.1. The molecule has 34 heteroatoms. The van der Waals surface area contributed by atoms with Crippen LogP contribution in [0.2, 0.25) is 0 Å². The van der Waals surface area contributed by atoms with Gasteiger partial charge in [0.25, 0.3) is 17.7 Å². The smallest absolute Gasteiger partial charge is 0.415 e. The number of amides is 6. The van der Waals surface area contributed by atoms with Crippen LogP contribution in [0.15, 0.2) is 64.0 Å². The molecule has 0 aliphatic carbocycles. The molecule has 28 nitrogen and oxygen atoms in total. The maximum absolute atomic E-state index is 14.5. The zero-order chi connectivity index (χ0) is 68.7. The van der Waals surface area contributed by atoms with Gasteiger partial charge in [0.2, 0.25) is 11.8 Å². The van der Waals surface area contributed by atoms with Crippen molar-refractivity contribution in [2.24, 2.45) is 5.92 Å². The van der Waals surface area contributed by atoms with Crippen molar-refractivity contribution in [3.63, 3.8) is 0 Å². The van der Waals surface area contributed by atoms with Crippen LogP contribution in [0.25, 0.3) is 43.4 Å². The van der Waals surface area contributed by atoms with Gasteiger partial charge in [-0.1, -0.05) is 44.2 Å². The summed E-state index contributed by atoms with van der Waals surface area (Å²) in [7, 11) is 2.90. The highest BCUT2D eigenvalue weighted by Crippen LogP contribution is 2.41. The third-order valence-corrected chi connectivity index (χ3v) is 20.6. The van der Waals surface area contributed by atoms with E-state index in [2.05, 4.69) is 36.6 Å². The first-order valence-corrected chi connectivity index (χ1v) is 35.3. The number of pyridine rings is 1. The Hall–Kier alpha value is -8.90. The Morgan fingerprint density at radius 3 is 2.04 bits per heavy atom. The summed E-state index contributed by atoms with van der Waals surface area (Å²) in [6, 6.07) is 9.07. The van der Waals surface area contributed by atoms with E-state index in [-0.39, 0.29) is 115 Å². The van der Waals surface area contributed by atoms with Gasteiger partial charge in [-0.3, -0.25) is 43.3 Å². The number of anilines is 1. The lowest BCUT2D eigenvalue weighted by Gasteiger charge is -2.24. The Bertz CT molecular complexity index is 4130. The second-order valence-electron chi connectivity index (χ2n) is 22.2. The fourth-order valence-electron chi connectivity index (χ4n) is 9.95. The maximum atomic E-state index is 14.5. The number of carboxylic acids is 3. The van der Waals surface area contributed by atoms with Crippen LogP contribution in [0, 0.1) is 12.8 Å². The van der Waals surface area contributed by atoms with E-state index in [9.17, 15) is 63.6 Å². The number of fused-ring (bicyclic) bond motifs is 14. The van der Waals surface area contributed by atoms with Crippen LogP contribution in [0.1, 0.15) is 164 Å². The minimum absolute atomic E-state index is 0.0239. The molecule has 8 heterocycles. The van der Waals surface area contributed by atoms with Crippen LogP contribution in [0.5, 0.6) is 0 Å². The Morgan fingerprint density at radius 1 is 0.646 bits per heavy atom. The second-order valence-corrected chi connectivity index (χ2v) is 28.0. The lowest BCUT2D eigenvalue weighted by molar-refractivity contribution is -0.138. The van der Waals surface area contributed by atoms with Crippen LogP contribution in [0.4, 0.5) is 10.6 Å². The number of carboxylic acid groups (broad SMARTS) is 3. The normalized spacial score (nSPS) is 15.9. The van der Waals surface area contributed by atoms with E-state index in [0.717, 1.165) is 56.7 Å². The number of aromatic nitrogens is 7. The summed E-state index contributed by atoms with van der Waals surface area (Å²) in [5.41, 5.74) is 2.07. The highest BCUT2D eigenvalue weighted by atomic mass is 32.1. The Kier molecular flexibility index (Phi) is 24.7.